The van der Waals surface area contributed by atoms with E-state index in [0.29, 0.717) is 0 Å². The molecule has 0 atom stereocenters. The van der Waals surface area contributed by atoms with Gasteiger partial charge in [-0.1, -0.05) is 11.6 Å². The summed E-state index contributed by atoms with van der Waals surface area (Å²) in [4.78, 5) is 34.8. The van der Waals surface area contributed by atoms with Crippen LogP contribution in [0.5, 0.6) is 11.5 Å². The molecule has 0 fully saturated rings. The molecule has 0 saturated carbocycles. The lowest BCUT2D eigenvalue weighted by Crippen LogP contribution is -2.29. The van der Waals surface area contributed by atoms with E-state index in [1.807, 2.05) is 0 Å². The first kappa shape index (κ1) is 18.6. The average molecular weight is 345 g/mol. The van der Waals surface area contributed by atoms with E-state index in [0.717, 1.165) is 0 Å². The van der Waals surface area contributed by atoms with Crippen LogP contribution < -0.4 is 15.2 Å². The largest absolute Gasteiger partial charge is 0.493 e. The van der Waals surface area contributed by atoms with Crippen LogP contribution in [0.15, 0.2) is 12.1 Å². The lowest BCUT2D eigenvalue weighted by atomic mass is 10.1. The second kappa shape index (κ2) is 8.23. The van der Waals surface area contributed by atoms with Crippen molar-refractivity contribution in [1.82, 2.24) is 4.90 Å². The monoisotopic (exact) mass is 344 g/mol. The summed E-state index contributed by atoms with van der Waals surface area (Å²) in [6, 6.07) is 2.74. The number of carboxylic acids is 1. The Hall–Kier alpha value is -2.48. The van der Waals surface area contributed by atoms with Crippen molar-refractivity contribution in [1.29, 1.82) is 0 Å². The van der Waals surface area contributed by atoms with Gasteiger partial charge in [0.15, 0.2) is 18.1 Å². The van der Waals surface area contributed by atoms with Gasteiger partial charge < -0.3 is 25.2 Å². The SMILES string of the molecule is COc1cc(C(=O)N(C)CCC(=O)O)cc(Cl)c1OCC(N)=O. The van der Waals surface area contributed by atoms with Gasteiger partial charge in [0, 0.05) is 19.2 Å². The predicted molar refractivity (Wildman–Crippen MR) is 81.9 cm³/mol. The number of nitrogens with zero attached hydrogens (tertiary/aromatic N) is 1. The van der Waals surface area contributed by atoms with Gasteiger partial charge in [0.2, 0.25) is 0 Å². The average Bonchev–Trinajstić information content (AvgIpc) is 2.49. The number of carboxylic acid groups (broad SMARTS) is 1. The van der Waals surface area contributed by atoms with Crippen molar-refractivity contribution in [3.8, 4) is 11.5 Å². The van der Waals surface area contributed by atoms with Crippen LogP contribution in [-0.4, -0.2) is 55.1 Å². The molecular formula is C14H17ClN2O6. The second-order valence-electron chi connectivity index (χ2n) is 4.61. The number of carbonyl (C=O) groups excluding carboxylic acids is 2. The number of amides is 2. The Balaban J connectivity index is 3.00. The van der Waals surface area contributed by atoms with Crippen molar-refractivity contribution in [2.24, 2.45) is 5.73 Å². The summed E-state index contributed by atoms with van der Waals surface area (Å²) < 4.78 is 10.3. The van der Waals surface area contributed by atoms with E-state index in [-0.39, 0.29) is 41.7 Å². The number of methoxy groups -OCH3 is 1. The fourth-order valence-corrected chi connectivity index (χ4v) is 1.98. The number of primary amides is 1. The first-order chi connectivity index (χ1) is 10.8. The zero-order chi connectivity index (χ0) is 17.6. The summed E-state index contributed by atoms with van der Waals surface area (Å²) >= 11 is 6.05. The van der Waals surface area contributed by atoms with Crippen molar-refractivity contribution in [3.05, 3.63) is 22.7 Å². The van der Waals surface area contributed by atoms with Crippen LogP contribution >= 0.6 is 11.6 Å². The van der Waals surface area contributed by atoms with Crippen molar-refractivity contribution in [2.75, 3.05) is 27.3 Å². The minimum absolute atomic E-state index is 0.0496. The number of halogens is 1. The smallest absolute Gasteiger partial charge is 0.305 e. The van der Waals surface area contributed by atoms with E-state index in [2.05, 4.69) is 0 Å². The summed E-state index contributed by atoms with van der Waals surface area (Å²) in [5.41, 5.74) is 5.20. The lowest BCUT2D eigenvalue weighted by Gasteiger charge is -2.18. The fourth-order valence-electron chi connectivity index (χ4n) is 1.71. The summed E-state index contributed by atoms with van der Waals surface area (Å²) in [6.45, 7) is -0.337. The molecule has 0 saturated heterocycles. The Morgan fingerprint density at radius 2 is 2.00 bits per heavy atom. The normalized spacial score (nSPS) is 10.0. The number of carbonyl (C=O) groups is 3. The molecule has 0 aliphatic heterocycles. The minimum atomic E-state index is -1.00. The third-order valence-corrected chi connectivity index (χ3v) is 3.12. The Labute approximate surface area is 137 Å². The fraction of sp³-hybridized carbons (Fsp3) is 0.357. The lowest BCUT2D eigenvalue weighted by molar-refractivity contribution is -0.137. The zero-order valence-corrected chi connectivity index (χ0v) is 13.4. The number of benzene rings is 1. The van der Waals surface area contributed by atoms with E-state index in [1.165, 1.54) is 31.2 Å². The van der Waals surface area contributed by atoms with E-state index in [1.54, 1.807) is 0 Å². The van der Waals surface area contributed by atoms with Crippen LogP contribution in [0.4, 0.5) is 0 Å². The first-order valence-corrected chi connectivity index (χ1v) is 6.90. The molecule has 0 aliphatic rings. The van der Waals surface area contributed by atoms with Crippen molar-refractivity contribution < 1.29 is 29.0 Å². The summed E-state index contributed by atoms with van der Waals surface area (Å²) in [7, 11) is 2.83. The van der Waals surface area contributed by atoms with Gasteiger partial charge in [-0.25, -0.2) is 0 Å². The molecule has 2 amide bonds. The molecule has 1 aromatic carbocycles. The highest BCUT2D eigenvalue weighted by Gasteiger charge is 2.19. The van der Waals surface area contributed by atoms with E-state index >= 15 is 0 Å². The molecule has 0 radical (unpaired) electrons. The highest BCUT2D eigenvalue weighted by molar-refractivity contribution is 6.32. The van der Waals surface area contributed by atoms with Gasteiger partial charge >= 0.3 is 5.97 Å². The number of hydrogen-bond acceptors (Lipinski definition) is 5. The minimum Gasteiger partial charge on any atom is -0.493 e. The third kappa shape index (κ3) is 5.33. The molecule has 1 aromatic rings. The number of hydrogen-bond donors (Lipinski definition) is 2. The van der Waals surface area contributed by atoms with Gasteiger partial charge in [0.05, 0.1) is 18.6 Å². The van der Waals surface area contributed by atoms with Crippen LogP contribution in [0.2, 0.25) is 5.02 Å². The van der Waals surface area contributed by atoms with Gasteiger partial charge in [0.25, 0.3) is 11.8 Å². The van der Waals surface area contributed by atoms with Gasteiger partial charge in [-0.15, -0.1) is 0 Å². The number of ether oxygens (including phenoxy) is 2. The van der Waals surface area contributed by atoms with Gasteiger partial charge in [0.1, 0.15) is 0 Å². The molecule has 23 heavy (non-hydrogen) atoms. The van der Waals surface area contributed by atoms with Gasteiger partial charge in [-0.3, -0.25) is 14.4 Å². The Morgan fingerprint density at radius 3 is 2.52 bits per heavy atom. The molecule has 1 rings (SSSR count). The Bertz CT molecular complexity index is 620. The van der Waals surface area contributed by atoms with Crippen molar-refractivity contribution >= 4 is 29.4 Å². The van der Waals surface area contributed by atoms with Crippen LogP contribution in [0, 0.1) is 0 Å². The maximum Gasteiger partial charge on any atom is 0.305 e. The quantitative estimate of drug-likeness (QED) is 0.718. The topological polar surface area (TPSA) is 119 Å². The molecule has 0 aliphatic carbocycles. The standard InChI is InChI=1S/C14H17ClN2O6/c1-17(4-3-12(19)20)14(21)8-5-9(15)13(10(6-8)22-2)23-7-11(16)18/h5-6H,3-4,7H2,1-2H3,(H2,16,18)(H,19,20). The summed E-state index contributed by atoms with van der Waals surface area (Å²) in [5.74, 6) is -1.86. The summed E-state index contributed by atoms with van der Waals surface area (Å²) in [5, 5.41) is 8.72. The molecule has 0 heterocycles. The maximum atomic E-state index is 12.3. The van der Waals surface area contributed by atoms with Crippen LogP contribution in [0.1, 0.15) is 16.8 Å². The van der Waals surface area contributed by atoms with Crippen molar-refractivity contribution in [2.45, 2.75) is 6.42 Å². The molecule has 8 nitrogen and oxygen atoms in total. The maximum absolute atomic E-state index is 12.3. The van der Waals surface area contributed by atoms with Crippen molar-refractivity contribution in [3.63, 3.8) is 0 Å². The molecule has 0 unspecified atom stereocenters. The third-order valence-electron chi connectivity index (χ3n) is 2.84. The molecule has 0 aromatic heterocycles. The molecule has 3 N–H and O–H groups in total. The van der Waals surface area contributed by atoms with Gasteiger partial charge in [-0.2, -0.15) is 0 Å². The second-order valence-corrected chi connectivity index (χ2v) is 5.02. The highest BCUT2D eigenvalue weighted by atomic mass is 35.5. The number of rotatable bonds is 8. The molecular weight excluding hydrogens is 328 g/mol. The highest BCUT2D eigenvalue weighted by Crippen LogP contribution is 2.36. The predicted octanol–water partition coefficient (Wildman–Crippen LogP) is 0.759. The van der Waals surface area contributed by atoms with Gasteiger partial charge in [-0.05, 0) is 12.1 Å². The van der Waals surface area contributed by atoms with E-state index in [4.69, 9.17) is 31.9 Å². The number of aliphatic carboxylic acids is 1. The molecule has 9 heteroatoms. The first-order valence-electron chi connectivity index (χ1n) is 6.52. The number of nitrogens with two attached hydrogens (primary N) is 1. The Kier molecular flexibility index (Phi) is 6.65. The van der Waals surface area contributed by atoms with E-state index < -0.39 is 17.8 Å². The Morgan fingerprint density at radius 1 is 1.35 bits per heavy atom. The van der Waals surface area contributed by atoms with Crippen LogP contribution in [-0.2, 0) is 9.59 Å². The molecule has 126 valence electrons. The molecule has 0 bridgehead atoms. The zero-order valence-electron chi connectivity index (χ0n) is 12.7. The summed E-state index contributed by atoms with van der Waals surface area (Å²) in [6.07, 6.45) is -0.174. The van der Waals surface area contributed by atoms with Crippen LogP contribution in [0.3, 0.4) is 0 Å². The van der Waals surface area contributed by atoms with Crippen LogP contribution in [0.25, 0.3) is 0 Å². The van der Waals surface area contributed by atoms with E-state index in [9.17, 15) is 14.4 Å². The molecule has 0 spiro atoms.